The maximum Gasteiger partial charge on any atom is 0.252 e. The number of hydrogen-bond donors (Lipinski definition) is 1. The highest BCUT2D eigenvalue weighted by molar-refractivity contribution is 5.82. The van der Waals surface area contributed by atoms with Crippen molar-refractivity contribution in [1.29, 1.82) is 0 Å². The maximum absolute atomic E-state index is 12.5. The largest absolute Gasteiger partial charge is 0.317 e. The van der Waals surface area contributed by atoms with Crippen molar-refractivity contribution in [2.75, 3.05) is 26.2 Å². The fraction of sp³-hybridized carbons (Fsp3) is 0.917. The fourth-order valence-electron chi connectivity index (χ4n) is 2.65. The lowest BCUT2D eigenvalue weighted by molar-refractivity contribution is -0.209. The third kappa shape index (κ3) is 2.23. The molecule has 0 radical (unpaired) electrons. The van der Waals surface area contributed by atoms with Crippen LogP contribution in [0.1, 0.15) is 39.0 Å². The molecule has 0 aromatic rings. The number of carbonyl (C=O) groups is 1. The van der Waals surface area contributed by atoms with E-state index in [-0.39, 0.29) is 11.3 Å². The van der Waals surface area contributed by atoms with Gasteiger partial charge in [-0.2, -0.15) is 0 Å². The molecule has 0 bridgehead atoms. The Kier molecular flexibility index (Phi) is 3.82. The molecule has 2 aliphatic heterocycles. The van der Waals surface area contributed by atoms with Gasteiger partial charge in [-0.25, -0.2) is 5.06 Å². The third-order valence-corrected chi connectivity index (χ3v) is 3.92. The summed E-state index contributed by atoms with van der Waals surface area (Å²) < 4.78 is 0. The summed E-state index contributed by atoms with van der Waals surface area (Å²) in [6.45, 7) is 5.49. The number of amides is 1. The number of hydroxylamine groups is 2. The smallest absolute Gasteiger partial charge is 0.252 e. The second-order valence-corrected chi connectivity index (χ2v) is 4.83. The Morgan fingerprint density at radius 1 is 1.38 bits per heavy atom. The predicted octanol–water partition coefficient (Wildman–Crippen LogP) is 1.32. The van der Waals surface area contributed by atoms with Crippen LogP contribution >= 0.6 is 0 Å². The Balaban J connectivity index is 2.04. The highest BCUT2D eigenvalue weighted by Gasteiger charge is 2.41. The molecular formula is C12H22N2O2. The maximum atomic E-state index is 12.5. The summed E-state index contributed by atoms with van der Waals surface area (Å²) in [5.74, 6) is 0.219. The van der Waals surface area contributed by atoms with E-state index in [0.29, 0.717) is 6.61 Å². The van der Waals surface area contributed by atoms with Crippen molar-refractivity contribution in [3.05, 3.63) is 0 Å². The molecule has 1 N–H and O–H groups in total. The van der Waals surface area contributed by atoms with Gasteiger partial charge in [0.25, 0.3) is 5.91 Å². The minimum atomic E-state index is -0.164. The number of nitrogens with one attached hydrogen (secondary N) is 1. The lowest BCUT2D eigenvalue weighted by Crippen LogP contribution is -2.50. The minimum Gasteiger partial charge on any atom is -0.317 e. The van der Waals surface area contributed by atoms with Crippen LogP contribution < -0.4 is 5.32 Å². The molecule has 92 valence electrons. The first kappa shape index (κ1) is 11.9. The second kappa shape index (κ2) is 5.15. The van der Waals surface area contributed by atoms with Crippen LogP contribution in [0.15, 0.2) is 0 Å². The van der Waals surface area contributed by atoms with Gasteiger partial charge in [-0.1, -0.05) is 6.92 Å². The highest BCUT2D eigenvalue weighted by Crippen LogP contribution is 2.35. The van der Waals surface area contributed by atoms with Crippen LogP contribution in [0.25, 0.3) is 0 Å². The van der Waals surface area contributed by atoms with Crippen LogP contribution in [0.3, 0.4) is 0 Å². The molecule has 0 aromatic carbocycles. The standard InChI is InChI=1S/C12H22N2O2/c1-2-12(5-7-13-8-6-12)11(15)14-9-3-4-10-16-14/h13H,2-10H2,1H3. The van der Waals surface area contributed by atoms with Crippen molar-refractivity contribution >= 4 is 5.91 Å². The summed E-state index contributed by atoms with van der Waals surface area (Å²) in [5.41, 5.74) is -0.164. The fourth-order valence-corrected chi connectivity index (χ4v) is 2.65. The molecule has 0 aromatic heterocycles. The van der Waals surface area contributed by atoms with Crippen molar-refractivity contribution in [1.82, 2.24) is 10.4 Å². The van der Waals surface area contributed by atoms with Crippen LogP contribution in [-0.2, 0) is 9.63 Å². The highest BCUT2D eigenvalue weighted by atomic mass is 16.7. The normalized spacial score (nSPS) is 25.4. The number of piperidine rings is 1. The van der Waals surface area contributed by atoms with E-state index in [1.807, 2.05) is 0 Å². The zero-order valence-electron chi connectivity index (χ0n) is 10.1. The molecular weight excluding hydrogens is 204 g/mol. The first-order chi connectivity index (χ1) is 7.78. The lowest BCUT2D eigenvalue weighted by Gasteiger charge is -2.39. The van der Waals surface area contributed by atoms with E-state index >= 15 is 0 Å². The van der Waals surface area contributed by atoms with Crippen molar-refractivity contribution in [2.24, 2.45) is 5.41 Å². The number of nitrogens with zero attached hydrogens (tertiary/aromatic N) is 1. The van der Waals surface area contributed by atoms with Crippen LogP contribution in [0.5, 0.6) is 0 Å². The zero-order valence-corrected chi connectivity index (χ0v) is 10.1. The van der Waals surface area contributed by atoms with Gasteiger partial charge in [-0.3, -0.25) is 9.63 Å². The molecule has 4 nitrogen and oxygen atoms in total. The molecule has 1 amide bonds. The van der Waals surface area contributed by atoms with Crippen molar-refractivity contribution in [3.63, 3.8) is 0 Å². The van der Waals surface area contributed by atoms with Gasteiger partial charge in [0.2, 0.25) is 0 Å². The molecule has 0 saturated carbocycles. The summed E-state index contributed by atoms with van der Waals surface area (Å²) in [5, 5.41) is 4.94. The molecule has 2 fully saturated rings. The molecule has 4 heteroatoms. The summed E-state index contributed by atoms with van der Waals surface area (Å²) in [4.78, 5) is 18.0. The second-order valence-electron chi connectivity index (χ2n) is 4.83. The molecule has 0 aliphatic carbocycles. The van der Waals surface area contributed by atoms with E-state index in [1.54, 1.807) is 5.06 Å². The zero-order chi connectivity index (χ0) is 11.4. The molecule has 2 aliphatic rings. The Morgan fingerprint density at radius 3 is 2.69 bits per heavy atom. The molecule has 0 spiro atoms. The third-order valence-electron chi connectivity index (χ3n) is 3.92. The van der Waals surface area contributed by atoms with Crippen LogP contribution in [-0.4, -0.2) is 37.2 Å². The van der Waals surface area contributed by atoms with E-state index in [0.717, 1.165) is 51.7 Å². The Hall–Kier alpha value is -0.610. The van der Waals surface area contributed by atoms with Gasteiger partial charge in [0, 0.05) is 6.54 Å². The Bertz CT molecular complexity index is 243. The molecule has 2 heterocycles. The van der Waals surface area contributed by atoms with E-state index in [9.17, 15) is 4.79 Å². The molecule has 16 heavy (non-hydrogen) atoms. The summed E-state index contributed by atoms with van der Waals surface area (Å²) >= 11 is 0. The van der Waals surface area contributed by atoms with Crippen LogP contribution in [0, 0.1) is 5.41 Å². The molecule has 0 atom stereocenters. The lowest BCUT2D eigenvalue weighted by atomic mass is 9.75. The van der Waals surface area contributed by atoms with Gasteiger partial charge < -0.3 is 5.32 Å². The predicted molar refractivity (Wildman–Crippen MR) is 61.7 cm³/mol. The Morgan fingerprint density at radius 2 is 2.12 bits per heavy atom. The number of rotatable bonds is 2. The van der Waals surface area contributed by atoms with Gasteiger partial charge in [0.05, 0.1) is 12.0 Å². The molecule has 2 rings (SSSR count). The average molecular weight is 226 g/mol. The van der Waals surface area contributed by atoms with Crippen molar-refractivity contribution in [3.8, 4) is 0 Å². The first-order valence-electron chi connectivity index (χ1n) is 6.44. The minimum absolute atomic E-state index is 0.164. The van der Waals surface area contributed by atoms with Gasteiger partial charge >= 0.3 is 0 Å². The quantitative estimate of drug-likeness (QED) is 0.772. The average Bonchev–Trinajstić information content (AvgIpc) is 2.39. The Labute approximate surface area is 97.3 Å². The van der Waals surface area contributed by atoms with Crippen LogP contribution in [0.2, 0.25) is 0 Å². The first-order valence-corrected chi connectivity index (χ1v) is 6.44. The van der Waals surface area contributed by atoms with Crippen LogP contribution in [0.4, 0.5) is 0 Å². The summed E-state index contributed by atoms with van der Waals surface area (Å²) in [7, 11) is 0. The van der Waals surface area contributed by atoms with Gasteiger partial charge in [0.15, 0.2) is 0 Å². The van der Waals surface area contributed by atoms with E-state index in [4.69, 9.17) is 4.84 Å². The van der Waals surface area contributed by atoms with Crippen molar-refractivity contribution in [2.45, 2.75) is 39.0 Å². The van der Waals surface area contributed by atoms with Crippen molar-refractivity contribution < 1.29 is 9.63 Å². The van der Waals surface area contributed by atoms with Gasteiger partial charge in [-0.15, -0.1) is 0 Å². The van der Waals surface area contributed by atoms with E-state index < -0.39 is 0 Å². The monoisotopic (exact) mass is 226 g/mol. The van der Waals surface area contributed by atoms with E-state index in [2.05, 4.69) is 12.2 Å². The van der Waals surface area contributed by atoms with Gasteiger partial charge in [-0.05, 0) is 45.2 Å². The molecule has 2 saturated heterocycles. The topological polar surface area (TPSA) is 41.6 Å². The summed E-state index contributed by atoms with van der Waals surface area (Å²) in [6.07, 6.45) is 4.96. The molecule has 0 unspecified atom stereocenters. The SMILES string of the molecule is CCC1(C(=O)N2CCCCO2)CCNCC1. The van der Waals surface area contributed by atoms with E-state index in [1.165, 1.54) is 0 Å². The number of hydrogen-bond acceptors (Lipinski definition) is 3. The van der Waals surface area contributed by atoms with Gasteiger partial charge in [0.1, 0.15) is 0 Å². The summed E-state index contributed by atoms with van der Waals surface area (Å²) in [6, 6.07) is 0. The number of carbonyl (C=O) groups excluding carboxylic acids is 1.